The maximum atomic E-state index is 14.5. The van der Waals surface area contributed by atoms with Crippen molar-refractivity contribution >= 4 is 43.6 Å². The molecule has 4 aromatic heterocycles. The van der Waals surface area contributed by atoms with Gasteiger partial charge in [-0.2, -0.15) is 0 Å². The highest BCUT2D eigenvalue weighted by Gasteiger charge is 2.49. The Hall–Kier alpha value is -7.64. The Labute approximate surface area is 370 Å². The zero-order valence-electron chi connectivity index (χ0n) is 36.7. The summed E-state index contributed by atoms with van der Waals surface area (Å²) in [6.07, 6.45) is 0. The van der Waals surface area contributed by atoms with Crippen LogP contribution >= 0.6 is 0 Å². The minimum Gasteiger partial charge on any atom is -0.457 e. The molecule has 1 aliphatic rings. The molecule has 0 atom stereocenters. The molecule has 7 nitrogen and oxygen atoms in total. The lowest BCUT2D eigenvalue weighted by molar-refractivity contribution is 0.427. The van der Waals surface area contributed by atoms with Gasteiger partial charge in [-0.25, -0.2) is 9.97 Å². The van der Waals surface area contributed by atoms with E-state index < -0.39 is 5.41 Å². The van der Waals surface area contributed by atoms with Crippen molar-refractivity contribution in [3.05, 3.63) is 224 Å². The summed E-state index contributed by atoms with van der Waals surface area (Å²) in [6, 6.07) is 56.2. The van der Waals surface area contributed by atoms with Crippen molar-refractivity contribution in [1.29, 1.82) is 0 Å². The van der Waals surface area contributed by atoms with Gasteiger partial charge in [0.25, 0.3) is 11.1 Å². The summed E-state index contributed by atoms with van der Waals surface area (Å²) in [5.74, 6) is 1.40. The van der Waals surface area contributed by atoms with Crippen LogP contribution in [0, 0.1) is 0 Å². The Kier molecular flexibility index (Phi) is 8.70. The fourth-order valence-electron chi connectivity index (χ4n) is 9.66. The van der Waals surface area contributed by atoms with Gasteiger partial charge < -0.3 is 4.74 Å². The van der Waals surface area contributed by atoms with Crippen LogP contribution in [0.15, 0.2) is 179 Å². The van der Waals surface area contributed by atoms with Gasteiger partial charge in [-0.15, -0.1) is 0 Å². The van der Waals surface area contributed by atoms with Gasteiger partial charge in [0.05, 0.1) is 33.5 Å². The van der Waals surface area contributed by atoms with Crippen LogP contribution in [0.5, 0.6) is 11.5 Å². The van der Waals surface area contributed by atoms with E-state index in [1.54, 1.807) is 9.13 Å². The number of hydrogen-bond acceptors (Lipinski definition) is 5. The SMILES string of the molecule is CC(C)(C)c1ccc2c(c1)C(c1ccc3c(n1)c1ccccc1c(=O)n3-c1ccccc1)(c1ccc3c(n1)c1ccccc1c(=O)n3-c1ccccc1)c1cc(C(C)(C)C)ccc1O2. The summed E-state index contributed by atoms with van der Waals surface area (Å²) in [7, 11) is 0. The monoisotopic (exact) mass is 834 g/mol. The third-order valence-electron chi connectivity index (χ3n) is 13.0. The molecule has 6 aromatic carbocycles. The number of fused-ring (bicyclic) bond motifs is 8. The highest BCUT2D eigenvalue weighted by atomic mass is 16.5. The molecule has 0 radical (unpaired) electrons. The highest BCUT2D eigenvalue weighted by Crippen LogP contribution is 2.56. The quantitative estimate of drug-likeness (QED) is 0.165. The molecule has 0 saturated carbocycles. The molecule has 0 bridgehead atoms. The molecule has 0 fully saturated rings. The van der Waals surface area contributed by atoms with Crippen molar-refractivity contribution in [2.75, 3.05) is 0 Å². The number of pyridine rings is 4. The van der Waals surface area contributed by atoms with E-state index in [4.69, 9.17) is 14.7 Å². The zero-order chi connectivity index (χ0) is 44.1. The first-order chi connectivity index (χ1) is 30.8. The predicted octanol–water partition coefficient (Wildman–Crippen LogP) is 12.5. The topological polar surface area (TPSA) is 79.0 Å². The van der Waals surface area contributed by atoms with Gasteiger partial charge >= 0.3 is 0 Å². The van der Waals surface area contributed by atoms with E-state index in [0.29, 0.717) is 44.3 Å². The number of ether oxygens (including phenoxy) is 1. The third-order valence-corrected chi connectivity index (χ3v) is 13.0. The normalized spacial score (nSPS) is 13.5. The molecule has 11 rings (SSSR count). The summed E-state index contributed by atoms with van der Waals surface area (Å²) >= 11 is 0. The number of rotatable bonds is 4. The third kappa shape index (κ3) is 5.87. The Morgan fingerprint density at radius 1 is 0.438 bits per heavy atom. The summed E-state index contributed by atoms with van der Waals surface area (Å²) in [4.78, 5) is 40.5. The average molecular weight is 835 g/mol. The lowest BCUT2D eigenvalue weighted by Gasteiger charge is -2.41. The minimum absolute atomic E-state index is 0.113. The van der Waals surface area contributed by atoms with E-state index in [1.165, 1.54) is 0 Å². The number of aromatic nitrogens is 4. The van der Waals surface area contributed by atoms with Gasteiger partial charge in [-0.3, -0.25) is 18.7 Å². The fraction of sp³-hybridized carbons (Fsp3) is 0.158. The molecule has 5 heterocycles. The molecule has 10 aromatic rings. The van der Waals surface area contributed by atoms with Crippen LogP contribution in [0.2, 0.25) is 0 Å². The van der Waals surface area contributed by atoms with Crippen molar-refractivity contribution in [1.82, 2.24) is 19.1 Å². The van der Waals surface area contributed by atoms with Crippen LogP contribution in [0.1, 0.15) is 75.2 Å². The first kappa shape index (κ1) is 39.2. The van der Waals surface area contributed by atoms with E-state index >= 15 is 0 Å². The number of benzene rings is 6. The molecular weight excluding hydrogens is 789 g/mol. The average Bonchev–Trinajstić information content (AvgIpc) is 3.30. The zero-order valence-corrected chi connectivity index (χ0v) is 36.7. The maximum Gasteiger partial charge on any atom is 0.263 e. The number of para-hydroxylation sites is 2. The minimum atomic E-state index is -1.17. The van der Waals surface area contributed by atoms with Gasteiger partial charge in [0, 0.05) is 44.0 Å². The lowest BCUT2D eigenvalue weighted by Crippen LogP contribution is -2.37. The summed E-state index contributed by atoms with van der Waals surface area (Å²) in [5.41, 5.74) is 7.95. The molecule has 312 valence electrons. The molecule has 0 spiro atoms. The molecule has 1 aliphatic heterocycles. The van der Waals surface area contributed by atoms with E-state index in [1.807, 2.05) is 121 Å². The molecule has 0 aliphatic carbocycles. The molecule has 0 unspecified atom stereocenters. The van der Waals surface area contributed by atoms with Crippen molar-refractivity contribution in [3.63, 3.8) is 0 Å². The van der Waals surface area contributed by atoms with Crippen LogP contribution < -0.4 is 15.9 Å². The standard InChI is InChI=1S/C57H46N4O3/c1-55(2,3)35-25-29-47-43(33-35)57(44-34-36(56(4,5)6)26-30-48(44)64-47,49-31-27-45-51(58-49)39-21-13-15-23-41(39)53(62)60(45)37-17-9-7-10-18-37)50-32-28-46-52(59-50)40-22-14-16-24-42(40)54(63)61(46)38-19-11-8-12-20-38/h7-34H,1-6H3. The second-order valence-electron chi connectivity index (χ2n) is 18.9. The predicted molar refractivity (Wildman–Crippen MR) is 259 cm³/mol. The first-order valence-electron chi connectivity index (χ1n) is 21.8. The van der Waals surface area contributed by atoms with E-state index in [9.17, 15) is 9.59 Å². The highest BCUT2D eigenvalue weighted by molar-refractivity contribution is 6.05. The largest absolute Gasteiger partial charge is 0.457 e. The van der Waals surface area contributed by atoms with Crippen LogP contribution in [-0.4, -0.2) is 19.1 Å². The second kappa shape index (κ2) is 14.2. The molecule has 0 amide bonds. The molecule has 0 N–H and O–H groups in total. The van der Waals surface area contributed by atoms with Crippen LogP contribution in [0.3, 0.4) is 0 Å². The van der Waals surface area contributed by atoms with Crippen molar-refractivity contribution in [2.45, 2.75) is 57.8 Å². The number of nitrogens with zero attached hydrogens (tertiary/aromatic N) is 4. The Morgan fingerprint density at radius 2 is 0.812 bits per heavy atom. The van der Waals surface area contributed by atoms with Crippen LogP contribution in [0.25, 0.3) is 55.0 Å². The Bertz CT molecular complexity index is 3410. The molecule has 0 saturated heterocycles. The second-order valence-corrected chi connectivity index (χ2v) is 18.9. The van der Waals surface area contributed by atoms with E-state index in [2.05, 4.69) is 90.1 Å². The van der Waals surface area contributed by atoms with Crippen molar-refractivity contribution in [2.24, 2.45) is 0 Å². The molecular formula is C57H46N4O3. The van der Waals surface area contributed by atoms with Gasteiger partial charge in [0.2, 0.25) is 0 Å². The first-order valence-corrected chi connectivity index (χ1v) is 21.8. The van der Waals surface area contributed by atoms with Gasteiger partial charge in [0.15, 0.2) is 0 Å². The lowest BCUT2D eigenvalue weighted by atomic mass is 9.65. The Morgan fingerprint density at radius 3 is 1.20 bits per heavy atom. The van der Waals surface area contributed by atoms with Crippen LogP contribution in [-0.2, 0) is 16.2 Å². The fourth-order valence-corrected chi connectivity index (χ4v) is 9.66. The van der Waals surface area contributed by atoms with Gasteiger partial charge in [-0.05, 0) is 107 Å². The van der Waals surface area contributed by atoms with Crippen LogP contribution in [0.4, 0.5) is 0 Å². The van der Waals surface area contributed by atoms with E-state index in [-0.39, 0.29) is 21.9 Å². The maximum absolute atomic E-state index is 14.5. The van der Waals surface area contributed by atoms with Crippen molar-refractivity contribution < 1.29 is 4.74 Å². The smallest absolute Gasteiger partial charge is 0.263 e. The van der Waals surface area contributed by atoms with Gasteiger partial charge in [-0.1, -0.05) is 126 Å². The molecule has 64 heavy (non-hydrogen) atoms. The van der Waals surface area contributed by atoms with E-state index in [0.717, 1.165) is 55.8 Å². The summed E-state index contributed by atoms with van der Waals surface area (Å²) in [6.45, 7) is 13.3. The number of hydrogen-bond donors (Lipinski definition) is 0. The van der Waals surface area contributed by atoms with Gasteiger partial charge in [0.1, 0.15) is 16.9 Å². The summed E-state index contributed by atoms with van der Waals surface area (Å²) < 4.78 is 10.5. The summed E-state index contributed by atoms with van der Waals surface area (Å²) in [5, 5.41) is 2.67. The Balaban J connectivity index is 1.35. The van der Waals surface area contributed by atoms with Crippen molar-refractivity contribution in [3.8, 4) is 22.9 Å². The molecule has 7 heteroatoms.